The first kappa shape index (κ1) is 18.2. The number of hydrogen-bond acceptors (Lipinski definition) is 3. The number of benzene rings is 1. The molecule has 2 unspecified atom stereocenters. The van der Waals surface area contributed by atoms with Crippen LogP contribution in [-0.4, -0.2) is 62.3 Å². The Morgan fingerprint density at radius 1 is 1.28 bits per heavy atom. The first-order valence-corrected chi connectivity index (χ1v) is 9.77. The van der Waals surface area contributed by atoms with Crippen LogP contribution >= 0.6 is 0 Å². The molecule has 1 aromatic rings. The van der Waals surface area contributed by atoms with E-state index in [1.807, 2.05) is 0 Å². The fraction of sp³-hybridized carbons (Fsp3) is 0.650. The number of nitrogens with zero attached hydrogens (tertiary/aromatic N) is 2. The molecular formula is C20H32N4O. The Hall–Kier alpha value is -1.59. The third-order valence-electron chi connectivity index (χ3n) is 5.04. The number of rotatable bonds is 7. The van der Waals surface area contributed by atoms with Gasteiger partial charge in [0, 0.05) is 25.7 Å². The molecule has 2 atom stereocenters. The highest BCUT2D eigenvalue weighted by atomic mass is 16.5. The van der Waals surface area contributed by atoms with Gasteiger partial charge in [0.05, 0.1) is 19.3 Å². The Labute approximate surface area is 151 Å². The summed E-state index contributed by atoms with van der Waals surface area (Å²) in [5, 5.41) is 6.78. The van der Waals surface area contributed by atoms with Crippen molar-refractivity contribution in [3.8, 4) is 0 Å². The maximum Gasteiger partial charge on any atom is 0.191 e. The maximum atomic E-state index is 6.00. The van der Waals surface area contributed by atoms with E-state index in [9.17, 15) is 0 Å². The molecule has 0 radical (unpaired) electrons. The molecule has 2 aliphatic rings. The molecule has 2 N–H and O–H groups in total. The molecule has 2 fully saturated rings. The summed E-state index contributed by atoms with van der Waals surface area (Å²) >= 11 is 0. The zero-order valence-corrected chi connectivity index (χ0v) is 15.4. The van der Waals surface area contributed by atoms with Gasteiger partial charge in [0.1, 0.15) is 0 Å². The van der Waals surface area contributed by atoms with E-state index in [0.717, 1.165) is 51.6 Å². The van der Waals surface area contributed by atoms with Crippen LogP contribution in [0.2, 0.25) is 0 Å². The first-order chi connectivity index (χ1) is 12.3. The maximum absolute atomic E-state index is 6.00. The SMILES string of the molecule is CCNC(=NCC1CN2CCCC2CO1)NCCCc1ccccc1. The van der Waals surface area contributed by atoms with Crippen molar-refractivity contribution in [2.24, 2.45) is 4.99 Å². The van der Waals surface area contributed by atoms with Crippen molar-refractivity contribution < 1.29 is 4.74 Å². The summed E-state index contributed by atoms with van der Waals surface area (Å²) < 4.78 is 6.00. The standard InChI is InChI=1S/C20H32N4O/c1-2-21-20(22-12-6-10-17-8-4-3-5-9-17)23-14-19-15-24-13-7-11-18(24)16-25-19/h3-5,8-9,18-19H,2,6-7,10-16H2,1H3,(H2,21,22,23). The Morgan fingerprint density at radius 3 is 3.00 bits per heavy atom. The summed E-state index contributed by atoms with van der Waals surface area (Å²) in [5.41, 5.74) is 1.39. The minimum Gasteiger partial charge on any atom is -0.373 e. The minimum absolute atomic E-state index is 0.231. The second-order valence-corrected chi connectivity index (χ2v) is 6.98. The first-order valence-electron chi connectivity index (χ1n) is 9.77. The number of ether oxygens (including phenoxy) is 1. The predicted molar refractivity (Wildman–Crippen MR) is 103 cm³/mol. The summed E-state index contributed by atoms with van der Waals surface area (Å²) in [7, 11) is 0. The molecule has 3 rings (SSSR count). The Balaban J connectivity index is 1.39. The Kier molecular flexibility index (Phi) is 7.12. The van der Waals surface area contributed by atoms with Gasteiger partial charge in [-0.15, -0.1) is 0 Å². The van der Waals surface area contributed by atoms with Crippen LogP contribution in [0.3, 0.4) is 0 Å². The van der Waals surface area contributed by atoms with Crippen LogP contribution in [0, 0.1) is 0 Å². The molecule has 2 aliphatic heterocycles. The number of hydrogen-bond donors (Lipinski definition) is 2. The van der Waals surface area contributed by atoms with Crippen LogP contribution in [0.25, 0.3) is 0 Å². The van der Waals surface area contributed by atoms with E-state index in [4.69, 9.17) is 9.73 Å². The van der Waals surface area contributed by atoms with Gasteiger partial charge in [-0.2, -0.15) is 0 Å². The number of fused-ring (bicyclic) bond motifs is 1. The summed E-state index contributed by atoms with van der Waals surface area (Å²) in [6.45, 7) is 7.78. The molecule has 2 heterocycles. The largest absolute Gasteiger partial charge is 0.373 e. The van der Waals surface area contributed by atoms with Gasteiger partial charge >= 0.3 is 0 Å². The van der Waals surface area contributed by atoms with Gasteiger partial charge in [0.25, 0.3) is 0 Å². The van der Waals surface area contributed by atoms with Crippen LogP contribution in [0.1, 0.15) is 31.7 Å². The Morgan fingerprint density at radius 2 is 2.16 bits per heavy atom. The van der Waals surface area contributed by atoms with Crippen molar-refractivity contribution in [3.05, 3.63) is 35.9 Å². The third-order valence-corrected chi connectivity index (χ3v) is 5.04. The average molecular weight is 345 g/mol. The average Bonchev–Trinajstić information content (AvgIpc) is 3.12. The lowest BCUT2D eigenvalue weighted by Gasteiger charge is -2.34. The highest BCUT2D eigenvalue weighted by molar-refractivity contribution is 5.79. The molecule has 25 heavy (non-hydrogen) atoms. The second-order valence-electron chi connectivity index (χ2n) is 6.98. The molecular weight excluding hydrogens is 312 g/mol. The van der Waals surface area contributed by atoms with Crippen molar-refractivity contribution in [1.82, 2.24) is 15.5 Å². The zero-order chi connectivity index (χ0) is 17.3. The molecule has 0 aromatic heterocycles. The van der Waals surface area contributed by atoms with E-state index in [0.29, 0.717) is 6.04 Å². The lowest BCUT2D eigenvalue weighted by Crippen LogP contribution is -2.47. The van der Waals surface area contributed by atoms with E-state index < -0.39 is 0 Å². The molecule has 1 aromatic carbocycles. The van der Waals surface area contributed by atoms with Crippen LogP contribution in [0.5, 0.6) is 0 Å². The van der Waals surface area contributed by atoms with Crippen LogP contribution in [0.15, 0.2) is 35.3 Å². The molecule has 0 spiro atoms. The van der Waals surface area contributed by atoms with E-state index in [1.54, 1.807) is 0 Å². The van der Waals surface area contributed by atoms with E-state index in [-0.39, 0.29) is 6.10 Å². The number of aliphatic imine (C=N–C) groups is 1. The molecule has 2 saturated heterocycles. The van der Waals surface area contributed by atoms with Gasteiger partial charge in [0.2, 0.25) is 0 Å². The molecule has 138 valence electrons. The predicted octanol–water partition coefficient (Wildman–Crippen LogP) is 2.04. The quantitative estimate of drug-likeness (QED) is 0.451. The topological polar surface area (TPSA) is 48.9 Å². The van der Waals surface area contributed by atoms with Crippen molar-refractivity contribution >= 4 is 5.96 Å². The molecule has 0 amide bonds. The van der Waals surface area contributed by atoms with Gasteiger partial charge in [-0.05, 0) is 44.7 Å². The molecule has 0 aliphatic carbocycles. The van der Waals surface area contributed by atoms with Gasteiger partial charge in [-0.3, -0.25) is 9.89 Å². The van der Waals surface area contributed by atoms with E-state index in [1.165, 1.54) is 24.9 Å². The van der Waals surface area contributed by atoms with Gasteiger partial charge in [-0.1, -0.05) is 30.3 Å². The van der Waals surface area contributed by atoms with Crippen molar-refractivity contribution in [3.63, 3.8) is 0 Å². The van der Waals surface area contributed by atoms with Gasteiger partial charge < -0.3 is 15.4 Å². The highest BCUT2D eigenvalue weighted by Gasteiger charge is 2.31. The van der Waals surface area contributed by atoms with Gasteiger partial charge in [0.15, 0.2) is 5.96 Å². The molecule has 5 heteroatoms. The summed E-state index contributed by atoms with van der Waals surface area (Å²) in [6.07, 6.45) is 5.03. The number of guanidine groups is 1. The minimum atomic E-state index is 0.231. The molecule has 0 bridgehead atoms. The summed E-state index contributed by atoms with van der Waals surface area (Å²) in [5.74, 6) is 0.905. The highest BCUT2D eigenvalue weighted by Crippen LogP contribution is 2.22. The van der Waals surface area contributed by atoms with Crippen molar-refractivity contribution in [1.29, 1.82) is 0 Å². The summed E-state index contributed by atoms with van der Waals surface area (Å²) in [4.78, 5) is 7.31. The lowest BCUT2D eigenvalue weighted by atomic mass is 10.1. The van der Waals surface area contributed by atoms with E-state index in [2.05, 4.69) is 52.8 Å². The zero-order valence-electron chi connectivity index (χ0n) is 15.4. The van der Waals surface area contributed by atoms with Crippen molar-refractivity contribution in [2.75, 3.05) is 39.3 Å². The fourth-order valence-electron chi connectivity index (χ4n) is 3.67. The monoisotopic (exact) mass is 344 g/mol. The Bertz CT molecular complexity index is 534. The van der Waals surface area contributed by atoms with Crippen LogP contribution in [0.4, 0.5) is 0 Å². The van der Waals surface area contributed by atoms with Crippen molar-refractivity contribution in [2.45, 2.75) is 44.8 Å². The number of nitrogens with one attached hydrogen (secondary N) is 2. The summed E-state index contributed by atoms with van der Waals surface area (Å²) in [6, 6.07) is 11.3. The normalized spacial score (nSPS) is 24.1. The third kappa shape index (κ3) is 5.72. The molecule has 0 saturated carbocycles. The second kappa shape index (κ2) is 9.78. The van der Waals surface area contributed by atoms with Gasteiger partial charge in [-0.25, -0.2) is 0 Å². The van der Waals surface area contributed by atoms with Crippen LogP contribution < -0.4 is 10.6 Å². The van der Waals surface area contributed by atoms with E-state index >= 15 is 0 Å². The smallest absolute Gasteiger partial charge is 0.191 e. The lowest BCUT2D eigenvalue weighted by molar-refractivity contribution is -0.0432. The molecule has 5 nitrogen and oxygen atoms in total. The number of aryl methyl sites for hydroxylation is 1. The van der Waals surface area contributed by atoms with Crippen LogP contribution in [-0.2, 0) is 11.2 Å². The fourth-order valence-corrected chi connectivity index (χ4v) is 3.67. The number of morpholine rings is 1.